The summed E-state index contributed by atoms with van der Waals surface area (Å²) < 4.78 is 0. The molecule has 0 amide bonds. The molecular formula is C8H18N2. The maximum Gasteiger partial charge on any atom is 0.0141 e. The summed E-state index contributed by atoms with van der Waals surface area (Å²) in [5.41, 5.74) is 5.13. The number of nitrogens with two attached hydrogens (primary N) is 1. The zero-order valence-corrected chi connectivity index (χ0v) is 6.77. The molecule has 0 aliphatic carbocycles. The van der Waals surface area contributed by atoms with Gasteiger partial charge in [0, 0.05) is 18.9 Å². The molecule has 0 aliphatic heterocycles. The molecule has 3 N–H and O–H groups in total. The monoisotopic (exact) mass is 142 g/mol. The maximum absolute atomic E-state index is 5.13. The first kappa shape index (κ1) is 9.34. The van der Waals surface area contributed by atoms with Crippen LogP contribution in [0.15, 0.2) is 12.4 Å². The second kappa shape index (κ2) is 8.34. The van der Waals surface area contributed by atoms with Crippen molar-refractivity contribution in [1.29, 1.82) is 0 Å². The summed E-state index contributed by atoms with van der Waals surface area (Å²) in [6.07, 6.45) is 8.52. The first-order chi connectivity index (χ1) is 4.91. The van der Waals surface area contributed by atoms with Crippen LogP contribution in [0.5, 0.6) is 0 Å². The maximum atomic E-state index is 5.13. The lowest BCUT2D eigenvalue weighted by atomic mass is 10.2. The van der Waals surface area contributed by atoms with E-state index in [1.165, 1.54) is 31.9 Å². The highest BCUT2D eigenvalue weighted by atomic mass is 14.8. The van der Waals surface area contributed by atoms with E-state index in [1.807, 2.05) is 0 Å². The van der Waals surface area contributed by atoms with Gasteiger partial charge in [-0.15, -0.1) is 0 Å². The molecule has 0 aromatic heterocycles. The Bertz CT molecular complexity index is 79.3. The minimum Gasteiger partial charge on any atom is -0.403 e. The Hall–Kier alpha value is -0.660. The number of rotatable bonds is 6. The summed E-state index contributed by atoms with van der Waals surface area (Å²) in [4.78, 5) is 0. The van der Waals surface area contributed by atoms with E-state index < -0.39 is 0 Å². The molecule has 2 heteroatoms. The second-order valence-electron chi connectivity index (χ2n) is 2.37. The van der Waals surface area contributed by atoms with Crippen molar-refractivity contribution in [1.82, 2.24) is 5.32 Å². The molecular weight excluding hydrogens is 124 g/mol. The molecule has 2 nitrogen and oxygen atoms in total. The fourth-order valence-electron chi connectivity index (χ4n) is 0.805. The second-order valence-corrected chi connectivity index (χ2v) is 2.37. The van der Waals surface area contributed by atoms with Crippen molar-refractivity contribution in [2.75, 3.05) is 6.54 Å². The summed E-state index contributed by atoms with van der Waals surface area (Å²) in [5.74, 6) is 0. The Morgan fingerprint density at radius 3 is 2.70 bits per heavy atom. The molecule has 0 spiro atoms. The van der Waals surface area contributed by atoms with Crippen LogP contribution in [0.25, 0.3) is 0 Å². The fraction of sp³-hybridized carbons (Fsp3) is 0.750. The van der Waals surface area contributed by atoms with Gasteiger partial charge in [-0.3, -0.25) is 0 Å². The highest BCUT2D eigenvalue weighted by Crippen LogP contribution is 1.96. The van der Waals surface area contributed by atoms with E-state index in [-0.39, 0.29) is 0 Å². The molecule has 0 bridgehead atoms. The van der Waals surface area contributed by atoms with Crippen molar-refractivity contribution >= 4 is 0 Å². The Morgan fingerprint density at radius 1 is 1.30 bits per heavy atom. The lowest BCUT2D eigenvalue weighted by molar-refractivity contribution is 0.645. The van der Waals surface area contributed by atoms with Gasteiger partial charge in [-0.05, 0) is 6.42 Å². The first-order valence-corrected chi connectivity index (χ1v) is 4.02. The van der Waals surface area contributed by atoms with Crippen LogP contribution >= 0.6 is 0 Å². The molecule has 0 saturated heterocycles. The van der Waals surface area contributed by atoms with E-state index in [1.54, 1.807) is 6.20 Å². The molecule has 0 aromatic rings. The molecule has 0 aromatic carbocycles. The zero-order valence-electron chi connectivity index (χ0n) is 6.77. The minimum absolute atomic E-state index is 1.05. The van der Waals surface area contributed by atoms with Crippen molar-refractivity contribution < 1.29 is 0 Å². The quantitative estimate of drug-likeness (QED) is 0.553. The summed E-state index contributed by atoms with van der Waals surface area (Å²) in [6, 6.07) is 0. The fourth-order valence-corrected chi connectivity index (χ4v) is 0.805. The van der Waals surface area contributed by atoms with Crippen LogP contribution in [0, 0.1) is 0 Å². The third-order valence-corrected chi connectivity index (χ3v) is 1.39. The van der Waals surface area contributed by atoms with E-state index in [2.05, 4.69) is 12.2 Å². The van der Waals surface area contributed by atoms with Gasteiger partial charge >= 0.3 is 0 Å². The standard InChI is InChI=1S/C8H18N2/c1-2-3-4-5-7-10-8-6-9/h6,8,10H,2-5,7,9H2,1H3. The van der Waals surface area contributed by atoms with Crippen molar-refractivity contribution in [2.24, 2.45) is 5.73 Å². The van der Waals surface area contributed by atoms with Crippen molar-refractivity contribution in [3.8, 4) is 0 Å². The van der Waals surface area contributed by atoms with Gasteiger partial charge in [0.05, 0.1) is 0 Å². The predicted octanol–water partition coefficient (Wildman–Crippen LogP) is 1.59. The summed E-state index contributed by atoms with van der Waals surface area (Å²) in [6.45, 7) is 3.26. The molecule has 60 valence electrons. The van der Waals surface area contributed by atoms with E-state index in [0.29, 0.717) is 0 Å². The van der Waals surface area contributed by atoms with Gasteiger partial charge in [0.25, 0.3) is 0 Å². The largest absolute Gasteiger partial charge is 0.403 e. The molecule has 0 fully saturated rings. The van der Waals surface area contributed by atoms with E-state index >= 15 is 0 Å². The average Bonchev–Trinajstić information content (AvgIpc) is 1.97. The summed E-state index contributed by atoms with van der Waals surface area (Å²) in [7, 11) is 0. The third-order valence-electron chi connectivity index (χ3n) is 1.39. The van der Waals surface area contributed by atoms with Crippen molar-refractivity contribution in [2.45, 2.75) is 32.6 Å². The van der Waals surface area contributed by atoms with Crippen LogP contribution in [-0.4, -0.2) is 6.54 Å². The van der Waals surface area contributed by atoms with Gasteiger partial charge < -0.3 is 11.1 Å². The topological polar surface area (TPSA) is 38.0 Å². The summed E-state index contributed by atoms with van der Waals surface area (Å²) in [5, 5.41) is 3.09. The Labute approximate surface area is 63.5 Å². The SMILES string of the molecule is CCCCCCNC=CN. The molecule has 0 unspecified atom stereocenters. The molecule has 0 radical (unpaired) electrons. The minimum atomic E-state index is 1.05. The van der Waals surface area contributed by atoms with Gasteiger partial charge in [0.2, 0.25) is 0 Å². The van der Waals surface area contributed by atoms with Crippen LogP contribution in [0.1, 0.15) is 32.6 Å². The third kappa shape index (κ3) is 7.34. The van der Waals surface area contributed by atoms with Crippen molar-refractivity contribution in [3.63, 3.8) is 0 Å². The van der Waals surface area contributed by atoms with Gasteiger partial charge in [-0.1, -0.05) is 26.2 Å². The number of nitrogens with one attached hydrogen (secondary N) is 1. The van der Waals surface area contributed by atoms with Crippen molar-refractivity contribution in [3.05, 3.63) is 12.4 Å². The predicted molar refractivity (Wildman–Crippen MR) is 45.5 cm³/mol. The van der Waals surface area contributed by atoms with Gasteiger partial charge in [-0.25, -0.2) is 0 Å². The normalized spacial score (nSPS) is 10.5. The Kier molecular flexibility index (Phi) is 7.79. The highest BCUT2D eigenvalue weighted by molar-refractivity contribution is 4.71. The Balaban J connectivity index is 2.77. The molecule has 0 heterocycles. The van der Waals surface area contributed by atoms with Crippen LogP contribution in [0.4, 0.5) is 0 Å². The number of hydrogen-bond acceptors (Lipinski definition) is 2. The van der Waals surface area contributed by atoms with Gasteiger partial charge in [0.15, 0.2) is 0 Å². The number of unbranched alkanes of at least 4 members (excludes halogenated alkanes) is 3. The first-order valence-electron chi connectivity index (χ1n) is 4.02. The summed E-state index contributed by atoms with van der Waals surface area (Å²) >= 11 is 0. The molecule has 0 rings (SSSR count). The van der Waals surface area contributed by atoms with E-state index in [9.17, 15) is 0 Å². The van der Waals surface area contributed by atoms with Crippen LogP contribution < -0.4 is 11.1 Å². The Morgan fingerprint density at radius 2 is 2.10 bits per heavy atom. The number of hydrogen-bond donors (Lipinski definition) is 2. The van der Waals surface area contributed by atoms with Gasteiger partial charge in [-0.2, -0.15) is 0 Å². The van der Waals surface area contributed by atoms with Crippen LogP contribution in [0.3, 0.4) is 0 Å². The molecule has 10 heavy (non-hydrogen) atoms. The smallest absolute Gasteiger partial charge is 0.0141 e. The highest BCUT2D eigenvalue weighted by Gasteiger charge is 1.83. The van der Waals surface area contributed by atoms with Gasteiger partial charge in [0.1, 0.15) is 0 Å². The van der Waals surface area contributed by atoms with Crippen LogP contribution in [0.2, 0.25) is 0 Å². The van der Waals surface area contributed by atoms with E-state index in [0.717, 1.165) is 6.54 Å². The lowest BCUT2D eigenvalue weighted by Crippen LogP contribution is -2.07. The van der Waals surface area contributed by atoms with Crippen LogP contribution in [-0.2, 0) is 0 Å². The zero-order chi connectivity index (χ0) is 7.66. The van der Waals surface area contributed by atoms with E-state index in [4.69, 9.17) is 5.73 Å². The lowest BCUT2D eigenvalue weighted by Gasteiger charge is -1.98. The molecule has 0 atom stereocenters. The average molecular weight is 142 g/mol. The molecule has 0 saturated carbocycles. The molecule has 0 aliphatic rings.